The predicted octanol–water partition coefficient (Wildman–Crippen LogP) is 6.89. The predicted molar refractivity (Wildman–Crippen MR) is 150 cm³/mol. The highest BCUT2D eigenvalue weighted by atomic mass is 32.1. The number of thiophene rings is 1. The summed E-state index contributed by atoms with van der Waals surface area (Å²) in [5, 5.41) is 21.9. The van der Waals surface area contributed by atoms with Crippen molar-refractivity contribution in [2.75, 3.05) is 5.32 Å². The molecule has 1 saturated carbocycles. The number of phenolic OH excluding ortho intramolecular Hbond substituents is 1. The van der Waals surface area contributed by atoms with Gasteiger partial charge in [-0.1, -0.05) is 42.8 Å². The molecule has 3 aromatic carbocycles. The van der Waals surface area contributed by atoms with Crippen molar-refractivity contribution in [2.24, 2.45) is 0 Å². The molecule has 0 atom stereocenters. The Balaban J connectivity index is 1.22. The number of phenols is 1. The van der Waals surface area contributed by atoms with Crippen molar-refractivity contribution in [1.82, 2.24) is 15.1 Å². The molecule has 0 unspecified atom stereocenters. The van der Waals surface area contributed by atoms with Crippen LogP contribution in [0.4, 0.5) is 14.9 Å². The van der Waals surface area contributed by atoms with E-state index in [1.54, 1.807) is 30.3 Å². The summed E-state index contributed by atoms with van der Waals surface area (Å²) in [5.74, 6) is -0.526. The molecule has 2 aromatic heterocycles. The number of carbonyl (C=O) groups excluding carboxylic acids is 2. The standard InChI is InChI=1S/C30H25FN4O3S/c31-23-10-3-1-7-20(23)17-32-30(38)35-25(18-8-5-9-18)16-24(34-35)22-13-12-21(15-26(22)36)33-29(37)28-14-19-6-2-4-11-27(19)39-28/h1-4,6-7,10-16,18,36H,5,8-9,17H2,(H,32,38)(H,33,37). The first-order valence-corrected chi connectivity index (χ1v) is 13.5. The van der Waals surface area contributed by atoms with Crippen molar-refractivity contribution < 1.29 is 19.1 Å². The molecule has 0 spiro atoms. The van der Waals surface area contributed by atoms with Crippen LogP contribution in [0.5, 0.6) is 5.75 Å². The summed E-state index contributed by atoms with van der Waals surface area (Å²) in [4.78, 5) is 26.4. The number of benzene rings is 3. The molecule has 1 fully saturated rings. The molecule has 0 radical (unpaired) electrons. The van der Waals surface area contributed by atoms with Crippen LogP contribution in [0.3, 0.4) is 0 Å². The maximum Gasteiger partial charge on any atom is 0.342 e. The SMILES string of the molecule is O=C(Nc1ccc(-c2cc(C3CCC3)n(C(=O)NCc3ccccc3F)n2)c(O)c1)c1cc2ccccc2s1. The lowest BCUT2D eigenvalue weighted by Crippen LogP contribution is -2.31. The molecule has 1 aliphatic rings. The first-order chi connectivity index (χ1) is 19.0. The molecule has 3 N–H and O–H groups in total. The van der Waals surface area contributed by atoms with Crippen molar-refractivity contribution in [2.45, 2.75) is 31.7 Å². The van der Waals surface area contributed by atoms with Crippen molar-refractivity contribution in [3.63, 3.8) is 0 Å². The van der Waals surface area contributed by atoms with Crippen molar-refractivity contribution in [1.29, 1.82) is 0 Å². The highest BCUT2D eigenvalue weighted by Crippen LogP contribution is 2.39. The number of nitrogens with one attached hydrogen (secondary N) is 2. The van der Waals surface area contributed by atoms with Crippen LogP contribution in [-0.4, -0.2) is 26.8 Å². The quantitative estimate of drug-likeness (QED) is 0.219. The van der Waals surface area contributed by atoms with E-state index in [0.29, 0.717) is 27.4 Å². The summed E-state index contributed by atoms with van der Waals surface area (Å²) in [6, 6.07) is 22.1. The molecule has 9 heteroatoms. The van der Waals surface area contributed by atoms with E-state index in [9.17, 15) is 19.1 Å². The monoisotopic (exact) mass is 540 g/mol. The Morgan fingerprint density at radius 1 is 1.03 bits per heavy atom. The van der Waals surface area contributed by atoms with Crippen molar-refractivity contribution in [3.8, 4) is 17.0 Å². The van der Waals surface area contributed by atoms with E-state index in [4.69, 9.17) is 0 Å². The van der Waals surface area contributed by atoms with Gasteiger partial charge < -0.3 is 15.7 Å². The Bertz CT molecular complexity index is 1670. The van der Waals surface area contributed by atoms with Crippen LogP contribution in [0, 0.1) is 5.82 Å². The molecule has 1 aliphatic carbocycles. The zero-order valence-corrected chi connectivity index (χ0v) is 21.7. The molecular weight excluding hydrogens is 515 g/mol. The lowest BCUT2D eigenvalue weighted by atomic mass is 9.82. The molecule has 0 saturated heterocycles. The Morgan fingerprint density at radius 3 is 2.56 bits per heavy atom. The minimum absolute atomic E-state index is 0.0320. The molecule has 5 aromatic rings. The minimum atomic E-state index is -0.460. The van der Waals surface area contributed by atoms with Crippen LogP contribution in [0.1, 0.15) is 46.1 Å². The van der Waals surface area contributed by atoms with E-state index in [1.807, 2.05) is 36.4 Å². The number of hydrogen-bond acceptors (Lipinski definition) is 5. The van der Waals surface area contributed by atoms with Crippen LogP contribution < -0.4 is 10.6 Å². The van der Waals surface area contributed by atoms with Crippen molar-refractivity contribution >= 4 is 39.0 Å². The third-order valence-electron chi connectivity index (χ3n) is 7.02. The summed E-state index contributed by atoms with van der Waals surface area (Å²) in [5.41, 5.74) is 2.46. The number of aromatic nitrogens is 2. The number of amides is 2. The number of anilines is 1. The van der Waals surface area contributed by atoms with Crippen LogP contribution in [0.25, 0.3) is 21.3 Å². The molecule has 0 aliphatic heterocycles. The van der Waals surface area contributed by atoms with Gasteiger partial charge in [-0.2, -0.15) is 9.78 Å². The van der Waals surface area contributed by atoms with E-state index in [0.717, 1.165) is 35.0 Å². The van der Waals surface area contributed by atoms with Crippen LogP contribution >= 0.6 is 11.3 Å². The highest BCUT2D eigenvalue weighted by Gasteiger charge is 2.27. The average molecular weight is 541 g/mol. The normalized spacial score (nSPS) is 13.3. The molecule has 0 bridgehead atoms. The zero-order valence-electron chi connectivity index (χ0n) is 20.9. The second-order valence-electron chi connectivity index (χ2n) is 9.58. The fourth-order valence-corrected chi connectivity index (χ4v) is 5.64. The number of carbonyl (C=O) groups is 2. The summed E-state index contributed by atoms with van der Waals surface area (Å²) in [6.45, 7) is 0.0320. The lowest BCUT2D eigenvalue weighted by molar-refractivity contribution is 0.103. The number of nitrogens with zero attached hydrogens (tertiary/aromatic N) is 2. The summed E-state index contributed by atoms with van der Waals surface area (Å²) >= 11 is 1.40. The van der Waals surface area contributed by atoms with E-state index < -0.39 is 6.03 Å². The van der Waals surface area contributed by atoms with Gasteiger partial charge in [0.15, 0.2) is 0 Å². The Labute approximate surface area is 227 Å². The van der Waals surface area contributed by atoms with Gasteiger partial charge in [0.1, 0.15) is 11.6 Å². The molecule has 2 heterocycles. The van der Waals surface area contributed by atoms with Gasteiger partial charge in [0.2, 0.25) is 0 Å². The van der Waals surface area contributed by atoms with Gasteiger partial charge in [-0.05, 0) is 54.6 Å². The second-order valence-corrected chi connectivity index (χ2v) is 10.7. The largest absolute Gasteiger partial charge is 0.507 e. The van der Waals surface area contributed by atoms with Gasteiger partial charge in [0.05, 0.1) is 16.3 Å². The van der Waals surface area contributed by atoms with E-state index in [-0.39, 0.29) is 29.9 Å². The fourth-order valence-electron chi connectivity index (χ4n) is 4.68. The number of fused-ring (bicyclic) bond motifs is 1. The molecule has 196 valence electrons. The fraction of sp³-hybridized carbons (Fsp3) is 0.167. The second kappa shape index (κ2) is 10.3. The van der Waals surface area contributed by atoms with E-state index in [2.05, 4.69) is 15.7 Å². The summed E-state index contributed by atoms with van der Waals surface area (Å²) in [7, 11) is 0. The van der Waals surface area contributed by atoms with Gasteiger partial charge in [-0.25, -0.2) is 9.18 Å². The first-order valence-electron chi connectivity index (χ1n) is 12.7. The first kappa shape index (κ1) is 24.8. The van der Waals surface area contributed by atoms with Crippen LogP contribution in [-0.2, 0) is 6.54 Å². The number of aromatic hydroxyl groups is 1. The Hall–Kier alpha value is -4.50. The van der Waals surface area contributed by atoms with Gasteiger partial charge in [0, 0.05) is 40.0 Å². The molecule has 7 nitrogen and oxygen atoms in total. The maximum absolute atomic E-state index is 14.0. The number of hydrogen-bond donors (Lipinski definition) is 3. The topological polar surface area (TPSA) is 96.3 Å². The molecule has 2 amide bonds. The minimum Gasteiger partial charge on any atom is -0.507 e. The van der Waals surface area contributed by atoms with Crippen molar-refractivity contribution in [3.05, 3.63) is 101 Å². The number of halogens is 1. The zero-order chi connectivity index (χ0) is 26.9. The smallest absolute Gasteiger partial charge is 0.342 e. The average Bonchev–Trinajstić information content (AvgIpc) is 3.52. The number of rotatable bonds is 6. The summed E-state index contributed by atoms with van der Waals surface area (Å²) in [6.07, 6.45) is 2.96. The van der Waals surface area contributed by atoms with Gasteiger partial charge in [-0.3, -0.25) is 4.79 Å². The Morgan fingerprint density at radius 2 is 1.82 bits per heavy atom. The summed E-state index contributed by atoms with van der Waals surface area (Å²) < 4.78 is 16.4. The highest BCUT2D eigenvalue weighted by molar-refractivity contribution is 7.20. The van der Waals surface area contributed by atoms with Gasteiger partial charge >= 0.3 is 6.03 Å². The Kier molecular flexibility index (Phi) is 6.58. The molecule has 39 heavy (non-hydrogen) atoms. The maximum atomic E-state index is 14.0. The van der Waals surface area contributed by atoms with E-state index in [1.165, 1.54) is 28.2 Å². The lowest BCUT2D eigenvalue weighted by Gasteiger charge is -2.25. The third-order valence-corrected chi connectivity index (χ3v) is 8.14. The van der Waals surface area contributed by atoms with Gasteiger partial charge in [-0.15, -0.1) is 11.3 Å². The van der Waals surface area contributed by atoms with Gasteiger partial charge in [0.25, 0.3) is 5.91 Å². The van der Waals surface area contributed by atoms with Crippen LogP contribution in [0.15, 0.2) is 78.9 Å². The molecular formula is C30H25FN4O3S. The van der Waals surface area contributed by atoms with E-state index >= 15 is 0 Å². The molecule has 6 rings (SSSR count). The van der Waals surface area contributed by atoms with Crippen LogP contribution in [0.2, 0.25) is 0 Å². The third kappa shape index (κ3) is 5.00.